The third-order valence-electron chi connectivity index (χ3n) is 2.92. The molecule has 1 heterocycles. The van der Waals surface area contributed by atoms with E-state index in [-0.39, 0.29) is 20.4 Å². The van der Waals surface area contributed by atoms with Gasteiger partial charge in [0.1, 0.15) is 44.8 Å². The number of rotatable bonds is 10. The Hall–Kier alpha value is -0.580. The van der Waals surface area contributed by atoms with Crippen LogP contribution in [0.25, 0.3) is 0 Å². The quantitative estimate of drug-likeness (QED) is 0.441. The van der Waals surface area contributed by atoms with Gasteiger partial charge >= 0.3 is 0 Å². The summed E-state index contributed by atoms with van der Waals surface area (Å²) in [4.78, 5) is 0. The average Bonchev–Trinajstić information content (AvgIpc) is 2.50. The first-order valence-electron chi connectivity index (χ1n) is 6.47. The Morgan fingerprint density at radius 2 is 1.38 bits per heavy atom. The zero-order chi connectivity index (χ0) is 15.7. The van der Waals surface area contributed by atoms with Crippen LogP contribution in [0.5, 0.6) is 0 Å². The van der Waals surface area contributed by atoms with Crippen molar-refractivity contribution < 1.29 is 38.3 Å². The monoisotopic (exact) mass is 308 g/mol. The molecule has 0 spiro atoms. The van der Waals surface area contributed by atoms with E-state index in [0.717, 1.165) is 0 Å². The SMILES string of the molecule is C=C[C@@H]1OC(O)[C@@H](OCOC)[C@@H](OCOC)[C@@H]1OCOC. The molecule has 8 heteroatoms. The van der Waals surface area contributed by atoms with Crippen molar-refractivity contribution in [3.63, 3.8) is 0 Å². The molecule has 1 N–H and O–H groups in total. The first kappa shape index (κ1) is 18.5. The minimum atomic E-state index is -1.20. The molecular weight excluding hydrogens is 284 g/mol. The van der Waals surface area contributed by atoms with Crippen LogP contribution in [0.4, 0.5) is 0 Å². The number of methoxy groups -OCH3 is 3. The van der Waals surface area contributed by atoms with Crippen molar-refractivity contribution in [3.8, 4) is 0 Å². The standard InChI is InChI=1S/C13H24O8/c1-5-9-10(18-6-15-2)11(19-7-16-3)12(13(14)21-9)20-8-17-4/h5,9-14H,1,6-8H2,2-4H3/t9-,10+,11-,12-,13?/m0/s1. The van der Waals surface area contributed by atoms with Crippen molar-refractivity contribution in [2.24, 2.45) is 0 Å². The van der Waals surface area contributed by atoms with Gasteiger partial charge in [-0.3, -0.25) is 0 Å². The molecule has 0 aromatic heterocycles. The molecule has 0 aromatic carbocycles. The maximum absolute atomic E-state index is 10.1. The number of ether oxygens (including phenoxy) is 7. The maximum Gasteiger partial charge on any atom is 0.184 e. The molecule has 0 aliphatic carbocycles. The molecule has 0 amide bonds. The second kappa shape index (κ2) is 10.2. The highest BCUT2D eigenvalue weighted by atomic mass is 16.7. The number of hydrogen-bond donors (Lipinski definition) is 1. The maximum atomic E-state index is 10.1. The summed E-state index contributed by atoms with van der Waals surface area (Å²) < 4.78 is 36.7. The van der Waals surface area contributed by atoms with E-state index in [1.807, 2.05) is 0 Å². The predicted molar refractivity (Wildman–Crippen MR) is 71.3 cm³/mol. The molecule has 1 aliphatic rings. The van der Waals surface area contributed by atoms with Crippen LogP contribution in [-0.4, -0.2) is 77.5 Å². The summed E-state index contributed by atoms with van der Waals surface area (Å²) in [5, 5.41) is 10.1. The second-order valence-electron chi connectivity index (χ2n) is 4.34. The van der Waals surface area contributed by atoms with Gasteiger partial charge < -0.3 is 38.3 Å². The molecule has 0 aromatic rings. The van der Waals surface area contributed by atoms with Gasteiger partial charge in [-0.1, -0.05) is 6.08 Å². The van der Waals surface area contributed by atoms with Gasteiger partial charge in [0.05, 0.1) is 0 Å². The Morgan fingerprint density at radius 3 is 1.86 bits per heavy atom. The summed E-state index contributed by atoms with van der Waals surface area (Å²) >= 11 is 0. The molecule has 0 bridgehead atoms. The topological polar surface area (TPSA) is 84.8 Å². The molecular formula is C13H24O8. The average molecular weight is 308 g/mol. The molecule has 1 aliphatic heterocycles. The molecule has 0 radical (unpaired) electrons. The van der Waals surface area contributed by atoms with Gasteiger partial charge in [-0.05, 0) is 0 Å². The molecule has 124 valence electrons. The highest BCUT2D eigenvalue weighted by Gasteiger charge is 2.47. The van der Waals surface area contributed by atoms with Gasteiger partial charge in [-0.15, -0.1) is 6.58 Å². The van der Waals surface area contributed by atoms with Crippen molar-refractivity contribution in [2.75, 3.05) is 41.7 Å². The fourth-order valence-electron chi connectivity index (χ4n) is 2.04. The Morgan fingerprint density at radius 1 is 0.905 bits per heavy atom. The zero-order valence-corrected chi connectivity index (χ0v) is 12.6. The lowest BCUT2D eigenvalue weighted by Crippen LogP contribution is -2.60. The van der Waals surface area contributed by atoms with Crippen LogP contribution in [0.15, 0.2) is 12.7 Å². The van der Waals surface area contributed by atoms with Crippen LogP contribution >= 0.6 is 0 Å². The highest BCUT2D eigenvalue weighted by molar-refractivity contribution is 4.99. The summed E-state index contributed by atoms with van der Waals surface area (Å²) in [5.41, 5.74) is 0. The lowest BCUT2D eigenvalue weighted by atomic mass is 9.98. The van der Waals surface area contributed by atoms with E-state index in [1.54, 1.807) is 0 Å². The lowest BCUT2D eigenvalue weighted by molar-refractivity contribution is -0.321. The fourth-order valence-corrected chi connectivity index (χ4v) is 2.04. The predicted octanol–water partition coefficient (Wildman–Crippen LogP) is -0.143. The summed E-state index contributed by atoms with van der Waals surface area (Å²) in [6.07, 6.45) is -2.24. The van der Waals surface area contributed by atoms with E-state index in [0.29, 0.717) is 0 Å². The molecule has 21 heavy (non-hydrogen) atoms. The minimum absolute atomic E-state index is 0.0148. The Balaban J connectivity index is 2.85. The Labute approximate surface area is 124 Å². The van der Waals surface area contributed by atoms with E-state index in [2.05, 4.69) is 6.58 Å². The van der Waals surface area contributed by atoms with Crippen molar-refractivity contribution in [1.29, 1.82) is 0 Å². The normalized spacial score (nSPS) is 33.0. The molecule has 5 atom stereocenters. The van der Waals surface area contributed by atoms with Gasteiger partial charge in [0.2, 0.25) is 0 Å². The van der Waals surface area contributed by atoms with Crippen LogP contribution in [0, 0.1) is 0 Å². The number of aliphatic hydroxyl groups excluding tert-OH is 1. The smallest absolute Gasteiger partial charge is 0.184 e. The molecule has 0 saturated carbocycles. The second-order valence-corrected chi connectivity index (χ2v) is 4.34. The van der Waals surface area contributed by atoms with Crippen LogP contribution in [0.2, 0.25) is 0 Å². The fraction of sp³-hybridized carbons (Fsp3) is 0.846. The lowest BCUT2D eigenvalue weighted by Gasteiger charge is -2.43. The van der Waals surface area contributed by atoms with Crippen molar-refractivity contribution in [2.45, 2.75) is 30.7 Å². The first-order valence-corrected chi connectivity index (χ1v) is 6.47. The number of hydrogen-bond acceptors (Lipinski definition) is 8. The number of aliphatic hydroxyl groups is 1. The summed E-state index contributed by atoms with van der Waals surface area (Å²) in [5.74, 6) is 0. The summed E-state index contributed by atoms with van der Waals surface area (Å²) in [7, 11) is 4.48. The third kappa shape index (κ3) is 5.28. The van der Waals surface area contributed by atoms with Crippen LogP contribution in [0.3, 0.4) is 0 Å². The van der Waals surface area contributed by atoms with Crippen molar-refractivity contribution in [1.82, 2.24) is 0 Å². The Kier molecular flexibility index (Phi) is 8.97. The van der Waals surface area contributed by atoms with E-state index in [1.165, 1.54) is 27.4 Å². The molecule has 8 nitrogen and oxygen atoms in total. The Bertz CT molecular complexity index is 287. The molecule has 1 fully saturated rings. The van der Waals surface area contributed by atoms with Gasteiger partial charge in [-0.25, -0.2) is 0 Å². The minimum Gasteiger partial charge on any atom is -0.366 e. The highest BCUT2D eigenvalue weighted by Crippen LogP contribution is 2.27. The van der Waals surface area contributed by atoms with Crippen LogP contribution < -0.4 is 0 Å². The van der Waals surface area contributed by atoms with Crippen molar-refractivity contribution in [3.05, 3.63) is 12.7 Å². The van der Waals surface area contributed by atoms with Gasteiger partial charge in [0, 0.05) is 21.3 Å². The molecule has 1 unspecified atom stereocenters. The van der Waals surface area contributed by atoms with E-state index >= 15 is 0 Å². The molecule has 1 rings (SSSR count). The third-order valence-corrected chi connectivity index (χ3v) is 2.92. The largest absolute Gasteiger partial charge is 0.366 e. The zero-order valence-electron chi connectivity index (χ0n) is 12.6. The van der Waals surface area contributed by atoms with Crippen LogP contribution in [0.1, 0.15) is 0 Å². The molecule has 1 saturated heterocycles. The van der Waals surface area contributed by atoms with Gasteiger partial charge in [-0.2, -0.15) is 0 Å². The summed E-state index contributed by atoms with van der Waals surface area (Å²) in [6.45, 7) is 3.70. The van der Waals surface area contributed by atoms with Crippen molar-refractivity contribution >= 4 is 0 Å². The van der Waals surface area contributed by atoms with Crippen LogP contribution in [-0.2, 0) is 33.2 Å². The van der Waals surface area contributed by atoms with E-state index in [4.69, 9.17) is 33.2 Å². The van der Waals surface area contributed by atoms with E-state index in [9.17, 15) is 5.11 Å². The summed E-state index contributed by atoms with van der Waals surface area (Å²) in [6, 6.07) is 0. The van der Waals surface area contributed by atoms with Gasteiger partial charge in [0.25, 0.3) is 0 Å². The van der Waals surface area contributed by atoms with Gasteiger partial charge in [0.15, 0.2) is 6.29 Å². The first-order chi connectivity index (χ1) is 10.2. The van der Waals surface area contributed by atoms with E-state index < -0.39 is 30.7 Å².